The summed E-state index contributed by atoms with van der Waals surface area (Å²) in [6, 6.07) is 12.7. The van der Waals surface area contributed by atoms with Crippen molar-refractivity contribution in [3.63, 3.8) is 0 Å². The van der Waals surface area contributed by atoms with Gasteiger partial charge in [0.2, 0.25) is 0 Å². The number of amides is 1. The summed E-state index contributed by atoms with van der Waals surface area (Å²) in [5.41, 5.74) is 1.68. The Morgan fingerprint density at radius 3 is 2.86 bits per heavy atom. The molecule has 0 fully saturated rings. The zero-order chi connectivity index (χ0) is 14.8. The van der Waals surface area contributed by atoms with E-state index in [4.69, 9.17) is 4.42 Å². The SMILES string of the molecule is Cc1ccc(-c2cc(C(=O)Nc3cccc(Br)c3)n[nH]2)o1. The van der Waals surface area contributed by atoms with E-state index in [9.17, 15) is 4.79 Å². The molecule has 21 heavy (non-hydrogen) atoms. The fourth-order valence-corrected chi connectivity index (χ4v) is 2.30. The zero-order valence-electron chi connectivity index (χ0n) is 11.2. The fraction of sp³-hybridized carbons (Fsp3) is 0.0667. The molecule has 0 radical (unpaired) electrons. The van der Waals surface area contributed by atoms with Crippen molar-refractivity contribution in [2.45, 2.75) is 6.92 Å². The molecule has 1 aromatic carbocycles. The summed E-state index contributed by atoms with van der Waals surface area (Å²) in [6.07, 6.45) is 0. The lowest BCUT2D eigenvalue weighted by Gasteiger charge is -2.02. The first-order valence-electron chi connectivity index (χ1n) is 6.31. The van der Waals surface area contributed by atoms with Crippen molar-refractivity contribution >= 4 is 27.5 Å². The van der Waals surface area contributed by atoms with E-state index in [0.717, 1.165) is 10.2 Å². The number of hydrogen-bond donors (Lipinski definition) is 2. The van der Waals surface area contributed by atoms with Gasteiger partial charge >= 0.3 is 0 Å². The lowest BCUT2D eigenvalue weighted by Crippen LogP contribution is -2.12. The number of aryl methyl sites for hydroxylation is 1. The summed E-state index contributed by atoms with van der Waals surface area (Å²) in [5, 5.41) is 9.60. The summed E-state index contributed by atoms with van der Waals surface area (Å²) in [6.45, 7) is 1.86. The molecule has 2 N–H and O–H groups in total. The molecule has 0 bridgehead atoms. The Kier molecular flexibility index (Phi) is 3.62. The molecule has 0 aliphatic heterocycles. The van der Waals surface area contributed by atoms with Crippen LogP contribution in [0.2, 0.25) is 0 Å². The predicted molar refractivity (Wildman–Crippen MR) is 83.1 cm³/mol. The lowest BCUT2D eigenvalue weighted by molar-refractivity contribution is 0.102. The van der Waals surface area contributed by atoms with Gasteiger partial charge in [-0.3, -0.25) is 9.89 Å². The van der Waals surface area contributed by atoms with E-state index in [0.29, 0.717) is 22.8 Å². The van der Waals surface area contributed by atoms with E-state index in [1.807, 2.05) is 43.3 Å². The summed E-state index contributed by atoms with van der Waals surface area (Å²) in [7, 11) is 0. The summed E-state index contributed by atoms with van der Waals surface area (Å²) in [5.74, 6) is 1.18. The number of nitrogens with one attached hydrogen (secondary N) is 2. The second kappa shape index (κ2) is 5.57. The highest BCUT2D eigenvalue weighted by Crippen LogP contribution is 2.21. The van der Waals surface area contributed by atoms with Gasteiger partial charge in [-0.2, -0.15) is 5.10 Å². The van der Waals surface area contributed by atoms with Gasteiger partial charge in [0.1, 0.15) is 11.5 Å². The smallest absolute Gasteiger partial charge is 0.276 e. The van der Waals surface area contributed by atoms with E-state index in [1.165, 1.54) is 0 Å². The number of anilines is 1. The van der Waals surface area contributed by atoms with Gasteiger partial charge in [-0.05, 0) is 37.3 Å². The Balaban J connectivity index is 1.78. The molecule has 2 heterocycles. The third-order valence-electron chi connectivity index (χ3n) is 2.90. The maximum Gasteiger partial charge on any atom is 0.276 e. The number of carbonyl (C=O) groups is 1. The summed E-state index contributed by atoms with van der Waals surface area (Å²) in [4.78, 5) is 12.1. The Morgan fingerprint density at radius 2 is 2.14 bits per heavy atom. The van der Waals surface area contributed by atoms with Crippen LogP contribution in [0.4, 0.5) is 5.69 Å². The van der Waals surface area contributed by atoms with Gasteiger partial charge in [-0.1, -0.05) is 22.0 Å². The molecular formula is C15H12BrN3O2. The highest BCUT2D eigenvalue weighted by Gasteiger charge is 2.13. The second-order valence-corrected chi connectivity index (χ2v) is 5.46. The van der Waals surface area contributed by atoms with Gasteiger partial charge < -0.3 is 9.73 Å². The number of aromatic amines is 1. The molecule has 3 rings (SSSR count). The van der Waals surface area contributed by atoms with Gasteiger partial charge in [-0.25, -0.2) is 0 Å². The maximum atomic E-state index is 12.1. The molecule has 2 aromatic heterocycles. The van der Waals surface area contributed by atoms with Gasteiger partial charge in [-0.15, -0.1) is 0 Å². The number of nitrogens with zero attached hydrogens (tertiary/aromatic N) is 1. The van der Waals surface area contributed by atoms with E-state index in [-0.39, 0.29) is 5.91 Å². The average molecular weight is 346 g/mol. The van der Waals surface area contributed by atoms with Crippen LogP contribution in [0.1, 0.15) is 16.2 Å². The first-order valence-corrected chi connectivity index (χ1v) is 7.10. The first kappa shape index (κ1) is 13.6. The molecule has 0 saturated heterocycles. The molecule has 0 atom stereocenters. The Bertz CT molecular complexity index is 792. The third-order valence-corrected chi connectivity index (χ3v) is 3.39. The highest BCUT2D eigenvalue weighted by molar-refractivity contribution is 9.10. The average Bonchev–Trinajstić information content (AvgIpc) is 3.07. The fourth-order valence-electron chi connectivity index (χ4n) is 1.90. The summed E-state index contributed by atoms with van der Waals surface area (Å²) >= 11 is 3.36. The number of furan rings is 1. The first-order chi connectivity index (χ1) is 10.1. The van der Waals surface area contributed by atoms with Gasteiger partial charge in [0.15, 0.2) is 11.5 Å². The van der Waals surface area contributed by atoms with Gasteiger partial charge in [0.25, 0.3) is 5.91 Å². The van der Waals surface area contributed by atoms with Crippen molar-refractivity contribution < 1.29 is 9.21 Å². The Labute approximate surface area is 129 Å². The van der Waals surface area contributed by atoms with Crippen molar-refractivity contribution in [3.05, 3.63) is 58.4 Å². The molecule has 3 aromatic rings. The van der Waals surface area contributed by atoms with Crippen LogP contribution in [-0.4, -0.2) is 16.1 Å². The number of benzene rings is 1. The van der Waals surface area contributed by atoms with E-state index in [1.54, 1.807) is 6.07 Å². The number of hydrogen-bond acceptors (Lipinski definition) is 3. The predicted octanol–water partition coefficient (Wildman–Crippen LogP) is 3.99. The second-order valence-electron chi connectivity index (χ2n) is 4.54. The van der Waals surface area contributed by atoms with Crippen molar-refractivity contribution in [2.75, 3.05) is 5.32 Å². The zero-order valence-corrected chi connectivity index (χ0v) is 12.8. The minimum atomic E-state index is -0.279. The lowest BCUT2D eigenvalue weighted by atomic mass is 10.2. The molecule has 106 valence electrons. The van der Waals surface area contributed by atoms with Crippen molar-refractivity contribution in [1.82, 2.24) is 10.2 Å². The monoisotopic (exact) mass is 345 g/mol. The maximum absolute atomic E-state index is 12.1. The minimum Gasteiger partial charge on any atom is -0.460 e. The standard InChI is InChI=1S/C15H12BrN3O2/c1-9-5-6-14(21-9)12-8-13(19-18-12)15(20)17-11-4-2-3-10(16)7-11/h2-8H,1H3,(H,17,20)(H,18,19). The number of rotatable bonds is 3. The van der Waals surface area contributed by atoms with Crippen LogP contribution in [0.3, 0.4) is 0 Å². The van der Waals surface area contributed by atoms with Crippen LogP contribution in [0.15, 0.2) is 51.4 Å². The molecule has 0 aliphatic rings. The third kappa shape index (κ3) is 3.05. The Morgan fingerprint density at radius 1 is 1.29 bits per heavy atom. The molecule has 0 aliphatic carbocycles. The van der Waals surface area contributed by atoms with Crippen LogP contribution >= 0.6 is 15.9 Å². The number of aromatic nitrogens is 2. The highest BCUT2D eigenvalue weighted by atomic mass is 79.9. The van der Waals surface area contributed by atoms with Crippen molar-refractivity contribution in [3.8, 4) is 11.5 Å². The molecule has 0 saturated carbocycles. The molecule has 0 spiro atoms. The molecule has 1 amide bonds. The molecule has 5 nitrogen and oxygen atoms in total. The van der Waals surface area contributed by atoms with Gasteiger partial charge in [0.05, 0.1) is 0 Å². The van der Waals surface area contributed by atoms with Crippen LogP contribution in [0.5, 0.6) is 0 Å². The number of halogens is 1. The van der Waals surface area contributed by atoms with Crippen LogP contribution in [0, 0.1) is 6.92 Å². The minimum absolute atomic E-state index is 0.279. The largest absolute Gasteiger partial charge is 0.460 e. The normalized spacial score (nSPS) is 10.6. The van der Waals surface area contributed by atoms with Crippen LogP contribution < -0.4 is 5.32 Å². The Hall–Kier alpha value is -2.34. The van der Waals surface area contributed by atoms with Crippen molar-refractivity contribution in [2.24, 2.45) is 0 Å². The number of carbonyl (C=O) groups excluding carboxylic acids is 1. The molecule has 0 unspecified atom stereocenters. The van der Waals surface area contributed by atoms with Crippen molar-refractivity contribution in [1.29, 1.82) is 0 Å². The van der Waals surface area contributed by atoms with Crippen LogP contribution in [-0.2, 0) is 0 Å². The molecule has 6 heteroatoms. The summed E-state index contributed by atoms with van der Waals surface area (Å²) < 4.78 is 6.38. The van der Waals surface area contributed by atoms with E-state index in [2.05, 4.69) is 31.4 Å². The van der Waals surface area contributed by atoms with Gasteiger partial charge in [0, 0.05) is 16.2 Å². The topological polar surface area (TPSA) is 70.9 Å². The number of H-pyrrole nitrogens is 1. The van der Waals surface area contributed by atoms with E-state index >= 15 is 0 Å². The van der Waals surface area contributed by atoms with E-state index < -0.39 is 0 Å². The molecular weight excluding hydrogens is 334 g/mol. The quantitative estimate of drug-likeness (QED) is 0.753. The van der Waals surface area contributed by atoms with Crippen LogP contribution in [0.25, 0.3) is 11.5 Å².